The van der Waals surface area contributed by atoms with E-state index in [1.54, 1.807) is 29.7 Å². The fourth-order valence-corrected chi connectivity index (χ4v) is 7.34. The Balaban J connectivity index is 1.22. The predicted octanol–water partition coefficient (Wildman–Crippen LogP) is 5.31. The summed E-state index contributed by atoms with van der Waals surface area (Å²) >= 11 is 1.24. The summed E-state index contributed by atoms with van der Waals surface area (Å²) in [7, 11) is 0. The van der Waals surface area contributed by atoms with Gasteiger partial charge in [-0.2, -0.15) is 0 Å². The zero-order valence-electron chi connectivity index (χ0n) is 18.2. The molecule has 7 heteroatoms. The summed E-state index contributed by atoms with van der Waals surface area (Å²) in [6.07, 6.45) is 11.1. The first-order valence-electron chi connectivity index (χ1n) is 11.4. The number of benzene rings is 1. The summed E-state index contributed by atoms with van der Waals surface area (Å²) in [4.78, 5) is 30.3. The zero-order valence-corrected chi connectivity index (χ0v) is 19.0. The monoisotopic (exact) mass is 453 g/mol. The minimum atomic E-state index is -0.487. The number of amides is 2. The van der Waals surface area contributed by atoms with Crippen LogP contribution < -0.4 is 10.2 Å². The number of carbonyl (C=O) groups is 2. The Morgan fingerprint density at radius 1 is 1.19 bits per heavy atom. The highest BCUT2D eigenvalue weighted by Gasteiger charge is 2.50. The summed E-state index contributed by atoms with van der Waals surface area (Å²) in [5, 5.41) is 5.26. The van der Waals surface area contributed by atoms with Crippen LogP contribution in [0.5, 0.6) is 0 Å². The molecule has 4 saturated carbocycles. The van der Waals surface area contributed by atoms with Crippen LogP contribution in [0.3, 0.4) is 0 Å². The number of aromatic nitrogens is 1. The Kier molecular flexibility index (Phi) is 5.61. The minimum absolute atomic E-state index is 0.118. The molecular weight excluding hydrogens is 425 g/mol. The molecule has 2 aromatic rings. The average Bonchev–Trinajstić information content (AvgIpc) is 3.20. The maximum atomic E-state index is 14.2. The number of rotatable bonds is 6. The number of halogens is 1. The van der Waals surface area contributed by atoms with E-state index in [2.05, 4.69) is 10.3 Å². The van der Waals surface area contributed by atoms with E-state index < -0.39 is 5.82 Å². The summed E-state index contributed by atoms with van der Waals surface area (Å²) in [5.41, 5.74) is 1.03. The van der Waals surface area contributed by atoms with Crippen molar-refractivity contribution in [2.24, 2.45) is 23.2 Å². The van der Waals surface area contributed by atoms with Crippen LogP contribution in [0, 0.1) is 29.0 Å². The molecule has 168 valence electrons. The van der Waals surface area contributed by atoms with Crippen LogP contribution in [0.25, 0.3) is 6.08 Å². The summed E-state index contributed by atoms with van der Waals surface area (Å²) in [6, 6.07) is 6.12. The normalized spacial score (nSPS) is 28.2. The molecule has 0 spiro atoms. The van der Waals surface area contributed by atoms with Gasteiger partial charge in [0, 0.05) is 24.9 Å². The van der Waals surface area contributed by atoms with Gasteiger partial charge in [0.1, 0.15) is 5.82 Å². The van der Waals surface area contributed by atoms with Crippen molar-refractivity contribution >= 4 is 40.0 Å². The Morgan fingerprint density at radius 3 is 2.47 bits per heavy atom. The second-order valence-corrected chi connectivity index (χ2v) is 10.7. The van der Waals surface area contributed by atoms with Gasteiger partial charge < -0.3 is 5.32 Å². The SMILES string of the molecule is CC(=O)N(c1nc(/C=C/C(=O)NCC23CC4CC(CC(C4)C2)C3)cs1)c1ccccc1F. The Morgan fingerprint density at radius 2 is 1.84 bits per heavy atom. The molecule has 0 saturated heterocycles. The van der Waals surface area contributed by atoms with Crippen LogP contribution in [0.1, 0.15) is 51.1 Å². The van der Waals surface area contributed by atoms with Crippen LogP contribution >= 0.6 is 11.3 Å². The van der Waals surface area contributed by atoms with E-state index in [-0.39, 0.29) is 17.5 Å². The predicted molar refractivity (Wildman–Crippen MR) is 124 cm³/mol. The molecule has 1 heterocycles. The van der Waals surface area contributed by atoms with Gasteiger partial charge in [-0.15, -0.1) is 11.3 Å². The number of para-hydroxylation sites is 1. The van der Waals surface area contributed by atoms with E-state index in [4.69, 9.17) is 0 Å². The van der Waals surface area contributed by atoms with Gasteiger partial charge in [0.25, 0.3) is 0 Å². The van der Waals surface area contributed by atoms with E-state index in [0.717, 1.165) is 24.3 Å². The number of thiazole rings is 1. The molecule has 0 unspecified atom stereocenters. The van der Waals surface area contributed by atoms with Crippen LogP contribution in [-0.2, 0) is 9.59 Å². The largest absolute Gasteiger partial charge is 0.352 e. The van der Waals surface area contributed by atoms with Crippen molar-refractivity contribution in [3.8, 4) is 0 Å². The molecule has 6 rings (SSSR count). The Hall–Kier alpha value is -2.54. The average molecular weight is 454 g/mol. The van der Waals surface area contributed by atoms with Gasteiger partial charge in [-0.1, -0.05) is 12.1 Å². The van der Waals surface area contributed by atoms with Crippen molar-refractivity contribution in [2.75, 3.05) is 11.4 Å². The van der Waals surface area contributed by atoms with E-state index in [9.17, 15) is 14.0 Å². The van der Waals surface area contributed by atoms with Gasteiger partial charge in [0.15, 0.2) is 5.13 Å². The summed E-state index contributed by atoms with van der Waals surface area (Å²) in [6.45, 7) is 2.13. The van der Waals surface area contributed by atoms with E-state index in [1.165, 1.54) is 73.8 Å². The molecule has 4 aliphatic carbocycles. The maximum Gasteiger partial charge on any atom is 0.244 e. The zero-order chi connectivity index (χ0) is 22.3. The Labute approximate surface area is 191 Å². The van der Waals surface area contributed by atoms with Crippen LogP contribution in [0.15, 0.2) is 35.7 Å². The molecule has 32 heavy (non-hydrogen) atoms. The Bertz CT molecular complexity index is 1030. The van der Waals surface area contributed by atoms with Crippen molar-refractivity contribution in [2.45, 2.75) is 45.4 Å². The molecule has 4 aliphatic rings. The fourth-order valence-electron chi connectivity index (χ4n) is 6.50. The number of hydrogen-bond acceptors (Lipinski definition) is 4. The van der Waals surface area contributed by atoms with Crippen molar-refractivity contribution in [1.29, 1.82) is 0 Å². The number of anilines is 2. The third-order valence-electron chi connectivity index (χ3n) is 7.32. The topological polar surface area (TPSA) is 62.3 Å². The van der Waals surface area contributed by atoms with Gasteiger partial charge >= 0.3 is 0 Å². The van der Waals surface area contributed by atoms with Crippen molar-refractivity contribution in [1.82, 2.24) is 10.3 Å². The van der Waals surface area contributed by atoms with E-state index in [1.807, 2.05) is 0 Å². The first-order chi connectivity index (χ1) is 15.4. The van der Waals surface area contributed by atoms with Gasteiger partial charge in [-0.25, -0.2) is 9.37 Å². The molecule has 1 N–H and O–H groups in total. The van der Waals surface area contributed by atoms with Crippen molar-refractivity contribution in [3.05, 3.63) is 47.2 Å². The smallest absolute Gasteiger partial charge is 0.244 e. The third-order valence-corrected chi connectivity index (χ3v) is 8.16. The summed E-state index contributed by atoms with van der Waals surface area (Å²) in [5.74, 6) is 1.66. The van der Waals surface area contributed by atoms with E-state index >= 15 is 0 Å². The molecule has 2 amide bonds. The molecule has 0 aliphatic heterocycles. The number of hydrogen-bond donors (Lipinski definition) is 1. The second kappa shape index (κ2) is 8.43. The lowest BCUT2D eigenvalue weighted by molar-refractivity contribution is -0.118. The first kappa shape index (κ1) is 21.3. The molecule has 5 nitrogen and oxygen atoms in total. The highest BCUT2D eigenvalue weighted by molar-refractivity contribution is 7.14. The van der Waals surface area contributed by atoms with Gasteiger partial charge in [-0.05, 0) is 79.9 Å². The minimum Gasteiger partial charge on any atom is -0.352 e. The van der Waals surface area contributed by atoms with Crippen molar-refractivity contribution < 1.29 is 14.0 Å². The van der Waals surface area contributed by atoms with Gasteiger partial charge in [0.05, 0.1) is 11.4 Å². The molecule has 0 radical (unpaired) electrons. The highest BCUT2D eigenvalue weighted by atomic mass is 32.1. The lowest BCUT2D eigenvalue weighted by Gasteiger charge is -2.56. The number of nitrogens with zero attached hydrogens (tertiary/aromatic N) is 2. The lowest BCUT2D eigenvalue weighted by Crippen LogP contribution is -2.51. The van der Waals surface area contributed by atoms with Gasteiger partial charge in [0.2, 0.25) is 11.8 Å². The molecule has 1 aromatic heterocycles. The van der Waals surface area contributed by atoms with Crippen LogP contribution in [-0.4, -0.2) is 23.3 Å². The van der Waals surface area contributed by atoms with Crippen LogP contribution in [0.4, 0.5) is 15.2 Å². The number of nitrogens with one attached hydrogen (secondary N) is 1. The lowest BCUT2D eigenvalue weighted by atomic mass is 9.49. The van der Waals surface area contributed by atoms with Gasteiger partial charge in [-0.3, -0.25) is 14.5 Å². The first-order valence-corrected chi connectivity index (χ1v) is 12.3. The molecule has 1 aromatic carbocycles. The quantitative estimate of drug-likeness (QED) is 0.603. The summed E-state index contributed by atoms with van der Waals surface area (Å²) < 4.78 is 14.2. The molecule has 4 fully saturated rings. The fraction of sp³-hybridized carbons (Fsp3) is 0.480. The maximum absolute atomic E-state index is 14.2. The number of carbonyl (C=O) groups excluding carboxylic acids is 2. The standard InChI is InChI=1S/C25H28FN3O2S/c1-16(30)29(22-5-3-2-4-21(22)26)24-28-20(14-32-24)6-7-23(31)27-15-25-11-17-8-18(12-25)10-19(9-17)13-25/h2-7,14,17-19H,8-13,15H2,1H3,(H,27,31)/b7-6+. The van der Waals surface area contributed by atoms with Crippen LogP contribution in [0.2, 0.25) is 0 Å². The molecule has 0 atom stereocenters. The molecular formula is C25H28FN3O2S. The third kappa shape index (κ3) is 4.22. The second-order valence-electron chi connectivity index (χ2n) is 9.83. The van der Waals surface area contributed by atoms with E-state index in [0.29, 0.717) is 16.2 Å². The van der Waals surface area contributed by atoms with Crippen molar-refractivity contribution in [3.63, 3.8) is 0 Å². The highest BCUT2D eigenvalue weighted by Crippen LogP contribution is 2.59. The molecule has 4 bridgehead atoms.